The third-order valence-corrected chi connectivity index (χ3v) is 2.68. The third-order valence-electron chi connectivity index (χ3n) is 2.68. The predicted octanol–water partition coefficient (Wildman–Crippen LogP) is 4.48. The van der Waals surface area contributed by atoms with Gasteiger partial charge in [-0.25, -0.2) is 0 Å². The number of ether oxygens (including phenoxy) is 2. The Labute approximate surface area is 120 Å². The zero-order valence-electron chi connectivity index (χ0n) is 11.3. The Morgan fingerprint density at radius 2 is 1.76 bits per heavy atom. The number of rotatable bonds is 4. The Morgan fingerprint density at radius 3 is 2.38 bits per heavy atom. The monoisotopic (exact) mass is 297 g/mol. The molecule has 2 N–H and O–H groups in total. The second-order valence-electron chi connectivity index (χ2n) is 4.26. The van der Waals surface area contributed by atoms with Gasteiger partial charge in [-0.1, -0.05) is 6.07 Å². The maximum atomic E-state index is 12.6. The van der Waals surface area contributed by atoms with E-state index in [1.807, 2.05) is 6.92 Å². The molecule has 0 aliphatic rings. The van der Waals surface area contributed by atoms with Gasteiger partial charge in [-0.2, -0.15) is 13.2 Å². The van der Waals surface area contributed by atoms with E-state index < -0.39 is 11.7 Å². The lowest BCUT2D eigenvalue weighted by Gasteiger charge is -2.12. The van der Waals surface area contributed by atoms with E-state index in [9.17, 15) is 13.2 Å². The van der Waals surface area contributed by atoms with Crippen molar-refractivity contribution in [2.45, 2.75) is 13.1 Å². The van der Waals surface area contributed by atoms with Gasteiger partial charge in [0, 0.05) is 6.07 Å². The quantitative estimate of drug-likeness (QED) is 0.846. The van der Waals surface area contributed by atoms with Gasteiger partial charge in [-0.15, -0.1) is 0 Å². The van der Waals surface area contributed by atoms with Gasteiger partial charge in [0.05, 0.1) is 17.9 Å². The summed E-state index contributed by atoms with van der Waals surface area (Å²) >= 11 is 0. The van der Waals surface area contributed by atoms with Crippen molar-refractivity contribution in [3.05, 3.63) is 48.0 Å². The lowest BCUT2D eigenvalue weighted by molar-refractivity contribution is -0.137. The minimum atomic E-state index is -4.43. The molecular weight excluding hydrogens is 283 g/mol. The van der Waals surface area contributed by atoms with E-state index in [0.29, 0.717) is 18.1 Å². The van der Waals surface area contributed by atoms with Gasteiger partial charge in [0.25, 0.3) is 0 Å². The van der Waals surface area contributed by atoms with Crippen LogP contribution in [0.25, 0.3) is 0 Å². The largest absolute Gasteiger partial charge is 0.494 e. The van der Waals surface area contributed by atoms with E-state index in [0.717, 1.165) is 12.1 Å². The Hall–Kier alpha value is -2.37. The molecule has 0 unspecified atom stereocenters. The first-order valence-corrected chi connectivity index (χ1v) is 6.27. The second-order valence-corrected chi connectivity index (χ2v) is 4.26. The molecule has 112 valence electrons. The van der Waals surface area contributed by atoms with Crippen LogP contribution in [0.3, 0.4) is 0 Å². The molecule has 0 aromatic heterocycles. The van der Waals surface area contributed by atoms with Gasteiger partial charge in [-0.3, -0.25) is 0 Å². The number of nitrogens with two attached hydrogens (primary N) is 1. The van der Waals surface area contributed by atoms with E-state index in [2.05, 4.69) is 0 Å². The number of anilines is 1. The van der Waals surface area contributed by atoms with E-state index in [-0.39, 0.29) is 11.4 Å². The molecule has 0 atom stereocenters. The zero-order valence-corrected chi connectivity index (χ0v) is 11.3. The fourth-order valence-corrected chi connectivity index (χ4v) is 1.74. The topological polar surface area (TPSA) is 44.5 Å². The van der Waals surface area contributed by atoms with Crippen LogP contribution in [0.15, 0.2) is 42.5 Å². The summed E-state index contributed by atoms with van der Waals surface area (Å²) in [6, 6.07) is 9.76. The summed E-state index contributed by atoms with van der Waals surface area (Å²) in [5.41, 5.74) is 4.72. The number of alkyl halides is 3. The van der Waals surface area contributed by atoms with E-state index in [1.54, 1.807) is 24.3 Å². The highest BCUT2D eigenvalue weighted by atomic mass is 19.4. The Bertz CT molecular complexity index is 627. The minimum absolute atomic E-state index is 0.0772. The molecule has 0 heterocycles. The summed E-state index contributed by atoms with van der Waals surface area (Å²) in [6.07, 6.45) is -4.43. The lowest BCUT2D eigenvalue weighted by atomic mass is 10.2. The smallest absolute Gasteiger partial charge is 0.416 e. The normalized spacial score (nSPS) is 11.2. The van der Waals surface area contributed by atoms with Crippen molar-refractivity contribution < 1.29 is 22.6 Å². The average Bonchev–Trinajstić information content (AvgIpc) is 2.41. The molecule has 0 saturated heterocycles. The van der Waals surface area contributed by atoms with Gasteiger partial charge >= 0.3 is 6.18 Å². The summed E-state index contributed by atoms with van der Waals surface area (Å²) in [5, 5.41) is 0. The maximum absolute atomic E-state index is 12.6. The first-order chi connectivity index (χ1) is 9.90. The highest BCUT2D eigenvalue weighted by molar-refractivity contribution is 5.56. The maximum Gasteiger partial charge on any atom is 0.416 e. The first kappa shape index (κ1) is 15.0. The number of nitrogen functional groups attached to an aromatic ring is 1. The Kier molecular flexibility index (Phi) is 4.26. The minimum Gasteiger partial charge on any atom is -0.494 e. The van der Waals surface area contributed by atoms with E-state index >= 15 is 0 Å². The fraction of sp³-hybridized carbons (Fsp3) is 0.200. The van der Waals surface area contributed by atoms with E-state index in [1.165, 1.54) is 6.07 Å². The van der Waals surface area contributed by atoms with Crippen LogP contribution in [0.2, 0.25) is 0 Å². The average molecular weight is 297 g/mol. The van der Waals surface area contributed by atoms with Crippen LogP contribution >= 0.6 is 0 Å². The molecule has 2 rings (SSSR count). The van der Waals surface area contributed by atoms with Gasteiger partial charge in [0.15, 0.2) is 0 Å². The van der Waals surface area contributed by atoms with Crippen molar-refractivity contribution in [3.63, 3.8) is 0 Å². The molecule has 0 spiro atoms. The standard InChI is InChI=1S/C15H14F3NO2/c1-2-20-11-4-3-5-12(9-11)21-14-7-6-10(8-13(14)19)15(16,17)18/h3-9H,2,19H2,1H3. The molecule has 0 radical (unpaired) electrons. The SMILES string of the molecule is CCOc1cccc(Oc2ccc(C(F)(F)F)cc2N)c1. The number of hydrogen-bond donors (Lipinski definition) is 1. The van der Waals surface area contributed by atoms with Gasteiger partial charge in [0.2, 0.25) is 0 Å². The molecule has 6 heteroatoms. The molecule has 0 bridgehead atoms. The summed E-state index contributed by atoms with van der Waals surface area (Å²) in [4.78, 5) is 0. The van der Waals surface area contributed by atoms with Crippen LogP contribution in [0.5, 0.6) is 17.2 Å². The molecule has 0 saturated carbocycles. The van der Waals surface area contributed by atoms with Crippen LogP contribution in [-0.2, 0) is 6.18 Å². The van der Waals surface area contributed by atoms with Crippen molar-refractivity contribution in [1.29, 1.82) is 0 Å². The molecule has 3 nitrogen and oxygen atoms in total. The second kappa shape index (κ2) is 5.95. The molecule has 21 heavy (non-hydrogen) atoms. The molecule has 0 fully saturated rings. The Balaban J connectivity index is 2.22. The molecule has 2 aromatic carbocycles. The number of halogens is 3. The van der Waals surface area contributed by atoms with Crippen LogP contribution < -0.4 is 15.2 Å². The lowest BCUT2D eigenvalue weighted by Crippen LogP contribution is -2.06. The van der Waals surface area contributed by atoms with Crippen LogP contribution in [-0.4, -0.2) is 6.61 Å². The predicted molar refractivity (Wildman–Crippen MR) is 73.5 cm³/mol. The van der Waals surface area contributed by atoms with Crippen molar-refractivity contribution in [1.82, 2.24) is 0 Å². The fourth-order valence-electron chi connectivity index (χ4n) is 1.74. The van der Waals surface area contributed by atoms with Gasteiger partial charge in [0.1, 0.15) is 17.2 Å². The van der Waals surface area contributed by atoms with Crippen LogP contribution in [0, 0.1) is 0 Å². The molecule has 0 aliphatic heterocycles. The molecule has 0 amide bonds. The summed E-state index contributed by atoms with van der Waals surface area (Å²) in [5.74, 6) is 1.21. The van der Waals surface area contributed by atoms with Crippen molar-refractivity contribution in [2.24, 2.45) is 0 Å². The van der Waals surface area contributed by atoms with Crippen molar-refractivity contribution in [2.75, 3.05) is 12.3 Å². The number of benzene rings is 2. The van der Waals surface area contributed by atoms with Crippen LogP contribution in [0.1, 0.15) is 12.5 Å². The zero-order chi connectivity index (χ0) is 15.5. The van der Waals surface area contributed by atoms with E-state index in [4.69, 9.17) is 15.2 Å². The summed E-state index contributed by atoms with van der Waals surface area (Å²) in [6.45, 7) is 2.35. The third kappa shape index (κ3) is 3.81. The molecule has 2 aromatic rings. The molecule has 0 aliphatic carbocycles. The first-order valence-electron chi connectivity index (χ1n) is 6.27. The highest BCUT2D eigenvalue weighted by Crippen LogP contribution is 2.35. The van der Waals surface area contributed by atoms with Gasteiger partial charge in [-0.05, 0) is 37.3 Å². The van der Waals surface area contributed by atoms with Gasteiger partial charge < -0.3 is 15.2 Å². The van der Waals surface area contributed by atoms with Crippen molar-refractivity contribution in [3.8, 4) is 17.2 Å². The summed E-state index contributed by atoms with van der Waals surface area (Å²) < 4.78 is 48.5. The molecular formula is C15H14F3NO2. The Morgan fingerprint density at radius 1 is 1.05 bits per heavy atom. The highest BCUT2D eigenvalue weighted by Gasteiger charge is 2.30. The summed E-state index contributed by atoms with van der Waals surface area (Å²) in [7, 11) is 0. The van der Waals surface area contributed by atoms with Crippen molar-refractivity contribution >= 4 is 5.69 Å². The number of hydrogen-bond acceptors (Lipinski definition) is 3. The van der Waals surface area contributed by atoms with Crippen LogP contribution in [0.4, 0.5) is 18.9 Å².